The van der Waals surface area contributed by atoms with Crippen LogP contribution in [-0.4, -0.2) is 16.1 Å². The van der Waals surface area contributed by atoms with Gasteiger partial charge in [-0.2, -0.15) is 5.10 Å². The summed E-state index contributed by atoms with van der Waals surface area (Å²) in [5, 5.41) is 5.69. The number of hydrogen-bond acceptors (Lipinski definition) is 2. The molecule has 0 radical (unpaired) electrons. The van der Waals surface area contributed by atoms with Crippen molar-refractivity contribution in [3.8, 4) is 0 Å². The van der Waals surface area contributed by atoms with Crippen LogP contribution in [0.15, 0.2) is 18.2 Å². The lowest BCUT2D eigenvalue weighted by Gasteiger charge is -2.25. The molecule has 0 aliphatic heterocycles. The molecule has 0 N–H and O–H groups in total. The number of benzene rings is 1. The van der Waals surface area contributed by atoms with Crippen molar-refractivity contribution in [1.82, 2.24) is 9.78 Å². The molecule has 0 spiro atoms. The van der Waals surface area contributed by atoms with Crippen LogP contribution < -0.4 is 0 Å². The van der Waals surface area contributed by atoms with E-state index in [9.17, 15) is 4.79 Å². The van der Waals surface area contributed by atoms with Gasteiger partial charge in [-0.25, -0.2) is 0 Å². The lowest BCUT2D eigenvalue weighted by Crippen LogP contribution is -2.13. The van der Waals surface area contributed by atoms with E-state index in [1.165, 1.54) is 30.3 Å². The number of aromatic nitrogens is 2. The monoisotopic (exact) mass is 214 g/mol. The van der Waals surface area contributed by atoms with Crippen LogP contribution in [0, 0.1) is 0 Å². The molecule has 0 amide bonds. The third kappa shape index (κ3) is 1.28. The molecule has 0 saturated heterocycles. The smallest absolute Gasteiger partial charge is 0.150 e. The largest absolute Gasteiger partial charge is 0.298 e. The lowest BCUT2D eigenvalue weighted by atomic mass is 9.81. The quantitative estimate of drug-likeness (QED) is 0.720. The molecular weight excluding hydrogens is 200 g/mol. The first-order chi connectivity index (χ1) is 7.79. The summed E-state index contributed by atoms with van der Waals surface area (Å²) in [6, 6.07) is 5.77. The fraction of sp³-hybridized carbons (Fsp3) is 0.385. The molecule has 1 aliphatic rings. The number of aldehydes is 1. The Balaban J connectivity index is 2.20. The van der Waals surface area contributed by atoms with Crippen molar-refractivity contribution in [2.75, 3.05) is 0 Å². The van der Waals surface area contributed by atoms with Gasteiger partial charge in [0.25, 0.3) is 0 Å². The van der Waals surface area contributed by atoms with E-state index in [1.807, 2.05) is 29.9 Å². The Morgan fingerprint density at radius 1 is 1.44 bits per heavy atom. The summed E-state index contributed by atoms with van der Waals surface area (Å²) < 4.78 is 1.98. The molecule has 3 heteroatoms. The third-order valence-electron chi connectivity index (χ3n) is 3.53. The number of aryl methyl sites for hydroxylation is 1. The standard InChI is InChI=1S/C13H14N2O/c1-15-13(10-3-2-4-10)11-6-5-9(8-16)7-12(11)14-15/h5-8,10H,2-4H2,1H3. The Labute approximate surface area is 94.1 Å². The average molecular weight is 214 g/mol. The molecule has 82 valence electrons. The Bertz CT molecular complexity index is 552. The van der Waals surface area contributed by atoms with Crippen LogP contribution in [0.1, 0.15) is 41.2 Å². The summed E-state index contributed by atoms with van der Waals surface area (Å²) in [5.74, 6) is 0.664. The molecule has 0 bridgehead atoms. The zero-order chi connectivity index (χ0) is 11.1. The van der Waals surface area contributed by atoms with E-state index in [-0.39, 0.29) is 0 Å². The maximum Gasteiger partial charge on any atom is 0.150 e. The third-order valence-corrected chi connectivity index (χ3v) is 3.53. The van der Waals surface area contributed by atoms with Gasteiger partial charge in [-0.1, -0.05) is 18.6 Å². The van der Waals surface area contributed by atoms with Crippen molar-refractivity contribution in [3.05, 3.63) is 29.5 Å². The molecule has 1 aromatic carbocycles. The molecule has 0 atom stereocenters. The molecule has 2 aromatic rings. The predicted molar refractivity (Wildman–Crippen MR) is 62.7 cm³/mol. The number of hydrogen-bond donors (Lipinski definition) is 0. The molecule has 3 nitrogen and oxygen atoms in total. The highest BCUT2D eigenvalue weighted by atomic mass is 16.1. The first kappa shape index (κ1) is 9.58. The van der Waals surface area contributed by atoms with Gasteiger partial charge in [-0.15, -0.1) is 0 Å². The van der Waals surface area contributed by atoms with Gasteiger partial charge in [0.1, 0.15) is 6.29 Å². The molecule has 0 unspecified atom stereocenters. The van der Waals surface area contributed by atoms with Crippen LogP contribution in [0.3, 0.4) is 0 Å². The minimum Gasteiger partial charge on any atom is -0.298 e. The Kier molecular flexibility index (Phi) is 2.06. The Morgan fingerprint density at radius 3 is 2.88 bits per heavy atom. The minimum absolute atomic E-state index is 0.664. The number of nitrogens with zero attached hydrogens (tertiary/aromatic N) is 2. The van der Waals surface area contributed by atoms with Gasteiger partial charge in [-0.05, 0) is 18.9 Å². The second kappa shape index (κ2) is 3.44. The topological polar surface area (TPSA) is 34.9 Å². The number of rotatable bonds is 2. The van der Waals surface area contributed by atoms with Crippen LogP contribution >= 0.6 is 0 Å². The van der Waals surface area contributed by atoms with Gasteiger partial charge in [-0.3, -0.25) is 9.48 Å². The molecule has 1 aliphatic carbocycles. The molecule has 1 saturated carbocycles. The van der Waals surface area contributed by atoms with Crippen molar-refractivity contribution < 1.29 is 4.79 Å². The highest BCUT2D eigenvalue weighted by Crippen LogP contribution is 2.39. The van der Waals surface area contributed by atoms with Crippen molar-refractivity contribution >= 4 is 17.2 Å². The van der Waals surface area contributed by atoms with Crippen molar-refractivity contribution in [2.24, 2.45) is 7.05 Å². The van der Waals surface area contributed by atoms with Crippen LogP contribution in [-0.2, 0) is 7.05 Å². The zero-order valence-electron chi connectivity index (χ0n) is 9.31. The van der Waals surface area contributed by atoms with Gasteiger partial charge in [0.2, 0.25) is 0 Å². The van der Waals surface area contributed by atoms with E-state index < -0.39 is 0 Å². The van der Waals surface area contributed by atoms with Crippen molar-refractivity contribution in [1.29, 1.82) is 0 Å². The van der Waals surface area contributed by atoms with E-state index >= 15 is 0 Å². The molecule has 16 heavy (non-hydrogen) atoms. The Morgan fingerprint density at radius 2 is 2.25 bits per heavy atom. The molecule has 1 fully saturated rings. The van der Waals surface area contributed by atoms with Gasteiger partial charge in [0.15, 0.2) is 0 Å². The van der Waals surface area contributed by atoms with Crippen molar-refractivity contribution in [2.45, 2.75) is 25.2 Å². The highest BCUT2D eigenvalue weighted by molar-refractivity contribution is 5.88. The van der Waals surface area contributed by atoms with E-state index in [4.69, 9.17) is 0 Å². The molecule has 1 heterocycles. The van der Waals surface area contributed by atoms with Gasteiger partial charge in [0.05, 0.1) is 5.52 Å². The predicted octanol–water partition coefficient (Wildman–Crippen LogP) is 2.65. The molecular formula is C13H14N2O. The zero-order valence-corrected chi connectivity index (χ0v) is 9.31. The summed E-state index contributed by atoms with van der Waals surface area (Å²) >= 11 is 0. The van der Waals surface area contributed by atoms with Gasteiger partial charge >= 0.3 is 0 Å². The normalized spacial score (nSPS) is 16.3. The lowest BCUT2D eigenvalue weighted by molar-refractivity contribution is 0.112. The van der Waals surface area contributed by atoms with Gasteiger partial charge < -0.3 is 0 Å². The first-order valence-corrected chi connectivity index (χ1v) is 5.71. The number of carbonyl (C=O) groups is 1. The fourth-order valence-electron chi connectivity index (χ4n) is 2.48. The van der Waals surface area contributed by atoms with E-state index in [2.05, 4.69) is 5.10 Å². The van der Waals surface area contributed by atoms with E-state index in [1.54, 1.807) is 0 Å². The second-order valence-corrected chi connectivity index (χ2v) is 4.53. The summed E-state index contributed by atoms with van der Waals surface area (Å²) in [6.07, 6.45) is 4.73. The van der Waals surface area contributed by atoms with Crippen LogP contribution in [0.5, 0.6) is 0 Å². The summed E-state index contributed by atoms with van der Waals surface area (Å²) in [4.78, 5) is 10.7. The fourth-order valence-corrected chi connectivity index (χ4v) is 2.48. The highest BCUT2D eigenvalue weighted by Gasteiger charge is 2.25. The second-order valence-electron chi connectivity index (χ2n) is 4.53. The van der Waals surface area contributed by atoms with E-state index in [0.29, 0.717) is 11.5 Å². The van der Waals surface area contributed by atoms with Crippen LogP contribution in [0.2, 0.25) is 0 Å². The maximum absolute atomic E-state index is 10.7. The van der Waals surface area contributed by atoms with E-state index in [0.717, 1.165) is 11.8 Å². The minimum atomic E-state index is 0.664. The number of carbonyl (C=O) groups excluding carboxylic acids is 1. The van der Waals surface area contributed by atoms with Gasteiger partial charge in [0, 0.05) is 29.6 Å². The average Bonchev–Trinajstić information content (AvgIpc) is 2.53. The van der Waals surface area contributed by atoms with Crippen molar-refractivity contribution in [3.63, 3.8) is 0 Å². The first-order valence-electron chi connectivity index (χ1n) is 5.71. The van der Waals surface area contributed by atoms with Crippen LogP contribution in [0.4, 0.5) is 0 Å². The number of fused-ring (bicyclic) bond motifs is 1. The summed E-state index contributed by atoms with van der Waals surface area (Å²) in [6.45, 7) is 0. The Hall–Kier alpha value is -1.64. The van der Waals surface area contributed by atoms with Crippen LogP contribution in [0.25, 0.3) is 10.9 Å². The molecule has 1 aromatic heterocycles. The summed E-state index contributed by atoms with van der Waals surface area (Å²) in [7, 11) is 1.99. The summed E-state index contributed by atoms with van der Waals surface area (Å²) in [5.41, 5.74) is 2.97. The molecule has 3 rings (SSSR count). The SMILES string of the molecule is Cn1nc2cc(C=O)ccc2c1C1CCC1. The maximum atomic E-state index is 10.7.